The monoisotopic (exact) mass is 351 g/mol. The Morgan fingerprint density at radius 3 is 2.60 bits per heavy atom. The van der Waals surface area contributed by atoms with Crippen molar-refractivity contribution in [2.45, 2.75) is 13.3 Å². The maximum Gasteiger partial charge on any atom is 0.229 e. The number of carbonyl (C=O) groups is 1. The molecule has 0 aliphatic rings. The predicted molar refractivity (Wildman–Crippen MR) is 102 cm³/mol. The molecule has 0 aliphatic carbocycles. The molecule has 0 unspecified atom stereocenters. The zero-order valence-electron chi connectivity index (χ0n) is 13.8. The van der Waals surface area contributed by atoms with Crippen molar-refractivity contribution >= 4 is 34.7 Å². The van der Waals surface area contributed by atoms with Gasteiger partial charge in [-0.1, -0.05) is 47.5 Å². The minimum absolute atomic E-state index is 0.0892. The maximum atomic E-state index is 12.1. The van der Waals surface area contributed by atoms with Crippen LogP contribution < -0.4 is 10.6 Å². The number of benzene rings is 2. The molecule has 1 aromatic heterocycles. The Morgan fingerprint density at radius 1 is 1.04 bits per heavy atom. The van der Waals surface area contributed by atoms with Crippen LogP contribution in [0.25, 0.3) is 0 Å². The van der Waals surface area contributed by atoms with E-state index in [1.54, 1.807) is 12.3 Å². The molecule has 4 nitrogen and oxygen atoms in total. The molecule has 0 bridgehead atoms. The minimum Gasteiger partial charge on any atom is -0.354 e. The lowest BCUT2D eigenvalue weighted by molar-refractivity contribution is -0.115. The first kappa shape index (κ1) is 17.0. The van der Waals surface area contributed by atoms with E-state index < -0.39 is 0 Å². The molecule has 0 radical (unpaired) electrons. The highest BCUT2D eigenvalue weighted by Gasteiger charge is 2.05. The Kier molecular flexibility index (Phi) is 5.31. The normalized spacial score (nSPS) is 10.3. The van der Waals surface area contributed by atoms with Crippen molar-refractivity contribution in [1.29, 1.82) is 0 Å². The molecule has 3 rings (SSSR count). The van der Waals surface area contributed by atoms with Crippen molar-refractivity contribution in [1.82, 2.24) is 4.98 Å². The third-order valence-corrected chi connectivity index (χ3v) is 3.83. The quantitative estimate of drug-likeness (QED) is 0.682. The number of halogens is 1. The number of amides is 1. The van der Waals surface area contributed by atoms with Crippen LogP contribution in [0.15, 0.2) is 66.9 Å². The van der Waals surface area contributed by atoms with Gasteiger partial charge in [-0.15, -0.1) is 0 Å². The average Bonchev–Trinajstić information content (AvgIpc) is 2.57. The lowest BCUT2D eigenvalue weighted by Crippen LogP contribution is -2.15. The van der Waals surface area contributed by atoms with E-state index in [1.807, 2.05) is 61.5 Å². The highest BCUT2D eigenvalue weighted by molar-refractivity contribution is 6.30. The molecule has 0 atom stereocenters. The van der Waals surface area contributed by atoms with Gasteiger partial charge >= 0.3 is 0 Å². The van der Waals surface area contributed by atoms with E-state index in [1.165, 1.54) is 0 Å². The number of nitrogens with one attached hydrogen (secondary N) is 2. The fraction of sp³-hybridized carbons (Fsp3) is 0.100. The zero-order chi connectivity index (χ0) is 17.6. The second-order valence-corrected chi connectivity index (χ2v) is 6.22. The number of aromatic nitrogens is 1. The highest BCUT2D eigenvalue weighted by Crippen LogP contribution is 2.20. The molecular weight excluding hydrogens is 334 g/mol. The van der Waals surface area contributed by atoms with Crippen molar-refractivity contribution in [3.05, 3.63) is 83.0 Å². The van der Waals surface area contributed by atoms with E-state index in [-0.39, 0.29) is 5.91 Å². The van der Waals surface area contributed by atoms with Crippen LogP contribution in [0, 0.1) is 6.92 Å². The molecule has 0 saturated heterocycles. The largest absolute Gasteiger partial charge is 0.354 e. The summed E-state index contributed by atoms with van der Waals surface area (Å²) >= 11 is 5.97. The maximum absolute atomic E-state index is 12.1. The molecule has 25 heavy (non-hydrogen) atoms. The number of nitrogens with zero attached hydrogens (tertiary/aromatic N) is 1. The molecule has 0 saturated carbocycles. The summed E-state index contributed by atoms with van der Waals surface area (Å²) in [6, 6.07) is 19.0. The van der Waals surface area contributed by atoms with Crippen molar-refractivity contribution in [2.24, 2.45) is 0 Å². The van der Waals surface area contributed by atoms with Gasteiger partial charge in [-0.05, 0) is 42.8 Å². The van der Waals surface area contributed by atoms with Crippen molar-refractivity contribution in [2.75, 3.05) is 10.6 Å². The number of hydrogen-bond donors (Lipinski definition) is 2. The molecule has 5 heteroatoms. The smallest absolute Gasteiger partial charge is 0.229 e. The van der Waals surface area contributed by atoms with Gasteiger partial charge in [-0.25, -0.2) is 4.98 Å². The Hall–Kier alpha value is -2.85. The molecule has 2 N–H and O–H groups in total. The average molecular weight is 352 g/mol. The van der Waals surface area contributed by atoms with Crippen LogP contribution in [0.2, 0.25) is 5.02 Å². The first-order chi connectivity index (χ1) is 12.1. The summed E-state index contributed by atoms with van der Waals surface area (Å²) in [6.45, 7) is 2.01. The van der Waals surface area contributed by atoms with Gasteiger partial charge < -0.3 is 10.6 Å². The molecule has 2 aromatic carbocycles. The van der Waals surface area contributed by atoms with Gasteiger partial charge in [-0.2, -0.15) is 0 Å². The van der Waals surface area contributed by atoms with E-state index in [4.69, 9.17) is 11.6 Å². The highest BCUT2D eigenvalue weighted by atomic mass is 35.5. The van der Waals surface area contributed by atoms with E-state index >= 15 is 0 Å². The van der Waals surface area contributed by atoms with Crippen LogP contribution in [-0.4, -0.2) is 10.9 Å². The van der Waals surface area contributed by atoms with Gasteiger partial charge in [0.05, 0.1) is 18.3 Å². The number of anilines is 3. The third kappa shape index (κ3) is 5.06. The Balaban J connectivity index is 1.59. The summed E-state index contributed by atoms with van der Waals surface area (Å²) in [7, 11) is 0. The van der Waals surface area contributed by atoms with E-state index in [0.29, 0.717) is 17.3 Å². The molecular formula is C20H18ClN3O. The van der Waals surface area contributed by atoms with Gasteiger partial charge in [0, 0.05) is 10.7 Å². The van der Waals surface area contributed by atoms with Crippen LogP contribution in [0.1, 0.15) is 11.1 Å². The summed E-state index contributed by atoms with van der Waals surface area (Å²) in [4.78, 5) is 16.4. The summed E-state index contributed by atoms with van der Waals surface area (Å²) in [6.07, 6.45) is 2.00. The molecule has 1 heterocycles. The van der Waals surface area contributed by atoms with Crippen LogP contribution in [0.3, 0.4) is 0 Å². The Labute approximate surface area is 151 Å². The van der Waals surface area contributed by atoms with Gasteiger partial charge in [0.25, 0.3) is 0 Å². The molecule has 0 aliphatic heterocycles. The first-order valence-corrected chi connectivity index (χ1v) is 8.30. The minimum atomic E-state index is -0.0892. The van der Waals surface area contributed by atoms with Gasteiger partial charge in [-0.3, -0.25) is 4.79 Å². The summed E-state index contributed by atoms with van der Waals surface area (Å²) in [5.74, 6) is 0.433. The molecule has 0 spiro atoms. The lowest BCUT2D eigenvalue weighted by Gasteiger charge is -2.08. The topological polar surface area (TPSA) is 54.0 Å². The Bertz CT molecular complexity index is 878. The van der Waals surface area contributed by atoms with Gasteiger partial charge in [0.1, 0.15) is 5.82 Å². The summed E-state index contributed by atoms with van der Waals surface area (Å²) in [5, 5.41) is 6.69. The fourth-order valence-corrected chi connectivity index (χ4v) is 2.66. The zero-order valence-corrected chi connectivity index (χ0v) is 14.5. The van der Waals surface area contributed by atoms with Crippen LogP contribution >= 0.6 is 11.6 Å². The van der Waals surface area contributed by atoms with Gasteiger partial charge in [0.2, 0.25) is 5.91 Å². The fourth-order valence-electron chi connectivity index (χ4n) is 2.47. The van der Waals surface area contributed by atoms with Crippen molar-refractivity contribution in [3.8, 4) is 0 Å². The number of carbonyl (C=O) groups excluding carboxylic acids is 1. The van der Waals surface area contributed by atoms with Crippen LogP contribution in [0.4, 0.5) is 17.2 Å². The number of pyridine rings is 1. The predicted octanol–water partition coefficient (Wildman–Crippen LogP) is 4.97. The van der Waals surface area contributed by atoms with Crippen molar-refractivity contribution < 1.29 is 4.79 Å². The van der Waals surface area contributed by atoms with Crippen LogP contribution in [-0.2, 0) is 11.2 Å². The number of aryl methyl sites for hydroxylation is 1. The molecule has 126 valence electrons. The molecule has 0 fully saturated rings. The van der Waals surface area contributed by atoms with E-state index in [0.717, 1.165) is 22.5 Å². The standard InChI is InChI=1S/C20H18ClN3O/c1-14-4-2-5-15(10-14)11-20(25)24-19-9-8-18(13-22-19)23-17-7-3-6-16(21)12-17/h2-10,12-13,23H,11H2,1H3,(H,22,24,25). The second-order valence-electron chi connectivity index (χ2n) is 5.78. The SMILES string of the molecule is Cc1cccc(CC(=O)Nc2ccc(Nc3cccc(Cl)c3)cn2)c1. The molecule has 3 aromatic rings. The Morgan fingerprint density at radius 2 is 1.88 bits per heavy atom. The second kappa shape index (κ2) is 7.81. The van der Waals surface area contributed by atoms with Gasteiger partial charge in [0.15, 0.2) is 0 Å². The van der Waals surface area contributed by atoms with E-state index in [2.05, 4.69) is 15.6 Å². The number of rotatable bonds is 5. The summed E-state index contributed by atoms with van der Waals surface area (Å²) < 4.78 is 0. The summed E-state index contributed by atoms with van der Waals surface area (Å²) in [5.41, 5.74) is 3.82. The van der Waals surface area contributed by atoms with E-state index in [9.17, 15) is 4.79 Å². The molecule has 1 amide bonds. The third-order valence-electron chi connectivity index (χ3n) is 3.59. The van der Waals surface area contributed by atoms with Crippen LogP contribution in [0.5, 0.6) is 0 Å². The lowest BCUT2D eigenvalue weighted by atomic mass is 10.1. The van der Waals surface area contributed by atoms with Crippen molar-refractivity contribution in [3.63, 3.8) is 0 Å². The number of hydrogen-bond acceptors (Lipinski definition) is 3. The first-order valence-electron chi connectivity index (χ1n) is 7.92.